The summed E-state index contributed by atoms with van der Waals surface area (Å²) in [7, 11) is 0. The lowest BCUT2D eigenvalue weighted by atomic mass is 10.2. The number of benzene rings is 2. The van der Waals surface area contributed by atoms with Gasteiger partial charge in [-0.05, 0) is 36.8 Å². The van der Waals surface area contributed by atoms with Crippen molar-refractivity contribution in [1.82, 2.24) is 4.90 Å². The number of ether oxygens (including phenoxy) is 2. The van der Waals surface area contributed by atoms with Gasteiger partial charge in [0.1, 0.15) is 19.0 Å². The topological polar surface area (TPSA) is 38.8 Å². The van der Waals surface area contributed by atoms with Crippen LogP contribution in [0.25, 0.3) is 0 Å². The Hall–Kier alpha value is -2.21. The molecule has 1 heterocycles. The van der Waals surface area contributed by atoms with Crippen LogP contribution in [0.4, 0.5) is 4.39 Å². The van der Waals surface area contributed by atoms with Gasteiger partial charge in [-0.25, -0.2) is 4.39 Å². The van der Waals surface area contributed by atoms with Crippen LogP contribution in [0.3, 0.4) is 0 Å². The molecule has 4 nitrogen and oxygen atoms in total. The van der Waals surface area contributed by atoms with E-state index in [1.54, 1.807) is 23.1 Å². The molecule has 0 bridgehead atoms. The summed E-state index contributed by atoms with van der Waals surface area (Å²) >= 11 is 1.22. The Balaban J connectivity index is 1.62. The molecule has 0 aliphatic carbocycles. The van der Waals surface area contributed by atoms with Crippen LogP contribution in [0.5, 0.6) is 11.5 Å². The van der Waals surface area contributed by atoms with Gasteiger partial charge >= 0.3 is 0 Å². The zero-order valence-electron chi connectivity index (χ0n) is 14.0. The maximum Gasteiger partial charge on any atom is 0.233 e. The number of thioether (sulfide) groups is 1. The van der Waals surface area contributed by atoms with Gasteiger partial charge in [-0.3, -0.25) is 4.79 Å². The summed E-state index contributed by atoms with van der Waals surface area (Å²) in [4.78, 5) is 14.7. The molecule has 0 saturated heterocycles. The van der Waals surface area contributed by atoms with Crippen LogP contribution in [0.2, 0.25) is 0 Å². The number of hydrogen-bond acceptors (Lipinski definition) is 4. The van der Waals surface area contributed by atoms with E-state index >= 15 is 0 Å². The summed E-state index contributed by atoms with van der Waals surface area (Å²) in [5.41, 5.74) is 0.982. The fourth-order valence-electron chi connectivity index (χ4n) is 2.58. The molecular formula is C19H20FNO3S. The first kappa shape index (κ1) is 17.6. The molecule has 0 N–H and O–H groups in total. The van der Waals surface area contributed by atoms with Crippen molar-refractivity contribution < 1.29 is 18.7 Å². The maximum absolute atomic E-state index is 13.7. The van der Waals surface area contributed by atoms with Gasteiger partial charge in [-0.15, -0.1) is 11.8 Å². The lowest BCUT2D eigenvalue weighted by Crippen LogP contribution is -2.31. The van der Waals surface area contributed by atoms with Crippen LogP contribution in [-0.2, 0) is 11.3 Å². The van der Waals surface area contributed by atoms with E-state index in [0.717, 1.165) is 11.3 Å². The first-order chi connectivity index (χ1) is 12.2. The van der Waals surface area contributed by atoms with E-state index in [1.165, 1.54) is 17.8 Å². The highest BCUT2D eigenvalue weighted by atomic mass is 32.2. The first-order valence-electron chi connectivity index (χ1n) is 8.21. The van der Waals surface area contributed by atoms with Crippen molar-refractivity contribution >= 4 is 17.7 Å². The number of halogens is 1. The number of amides is 1. The zero-order valence-corrected chi connectivity index (χ0v) is 14.9. The minimum Gasteiger partial charge on any atom is -0.486 e. The van der Waals surface area contributed by atoms with Crippen molar-refractivity contribution in [2.24, 2.45) is 0 Å². The SMILES string of the molecule is CCN(Cc1ccc2c(c1)OCCO2)C(=O)CSc1ccccc1F. The lowest BCUT2D eigenvalue weighted by molar-refractivity contribution is -0.128. The van der Waals surface area contributed by atoms with E-state index in [2.05, 4.69) is 0 Å². The Kier molecular flexibility index (Phi) is 5.81. The fourth-order valence-corrected chi connectivity index (χ4v) is 3.42. The van der Waals surface area contributed by atoms with Crippen LogP contribution in [0.1, 0.15) is 12.5 Å². The highest BCUT2D eigenvalue weighted by Crippen LogP contribution is 2.31. The molecular weight excluding hydrogens is 341 g/mol. The highest BCUT2D eigenvalue weighted by Gasteiger charge is 2.16. The normalized spacial score (nSPS) is 12.7. The van der Waals surface area contributed by atoms with Crippen LogP contribution in [0.15, 0.2) is 47.4 Å². The molecule has 0 fully saturated rings. The third-order valence-corrected chi connectivity index (χ3v) is 4.94. The average Bonchev–Trinajstić information content (AvgIpc) is 2.65. The molecule has 2 aromatic carbocycles. The predicted octanol–water partition coefficient (Wildman–Crippen LogP) is 3.74. The average molecular weight is 361 g/mol. The first-order valence-corrected chi connectivity index (χ1v) is 9.19. The van der Waals surface area contributed by atoms with Gasteiger partial charge < -0.3 is 14.4 Å². The van der Waals surface area contributed by atoms with Gasteiger partial charge in [0.25, 0.3) is 0 Å². The molecule has 2 aromatic rings. The van der Waals surface area contributed by atoms with Crippen molar-refractivity contribution in [3.8, 4) is 11.5 Å². The molecule has 1 aliphatic rings. The quantitative estimate of drug-likeness (QED) is 0.735. The van der Waals surface area contributed by atoms with E-state index < -0.39 is 0 Å². The predicted molar refractivity (Wildman–Crippen MR) is 95.6 cm³/mol. The summed E-state index contributed by atoms with van der Waals surface area (Å²) in [6.45, 7) is 4.10. The van der Waals surface area contributed by atoms with Gasteiger partial charge in [0.15, 0.2) is 11.5 Å². The number of nitrogens with zero attached hydrogens (tertiary/aromatic N) is 1. The van der Waals surface area contributed by atoms with Crippen molar-refractivity contribution in [2.75, 3.05) is 25.5 Å². The van der Waals surface area contributed by atoms with Crippen LogP contribution in [-0.4, -0.2) is 36.3 Å². The lowest BCUT2D eigenvalue weighted by Gasteiger charge is -2.23. The molecule has 0 unspecified atom stereocenters. The number of rotatable bonds is 6. The molecule has 1 amide bonds. The second-order valence-electron chi connectivity index (χ2n) is 5.61. The molecule has 6 heteroatoms. The Morgan fingerprint density at radius 3 is 2.68 bits per heavy atom. The molecule has 0 saturated carbocycles. The largest absolute Gasteiger partial charge is 0.486 e. The summed E-state index contributed by atoms with van der Waals surface area (Å²) < 4.78 is 24.8. The van der Waals surface area contributed by atoms with Crippen LogP contribution >= 0.6 is 11.8 Å². The van der Waals surface area contributed by atoms with E-state index in [-0.39, 0.29) is 17.5 Å². The van der Waals surface area contributed by atoms with Crippen LogP contribution in [0, 0.1) is 5.82 Å². The van der Waals surface area contributed by atoms with E-state index in [4.69, 9.17) is 9.47 Å². The van der Waals surface area contributed by atoms with Gasteiger partial charge in [0.05, 0.1) is 5.75 Å². The van der Waals surface area contributed by atoms with E-state index in [1.807, 2.05) is 25.1 Å². The van der Waals surface area contributed by atoms with E-state index in [9.17, 15) is 9.18 Å². The Morgan fingerprint density at radius 2 is 1.92 bits per heavy atom. The smallest absolute Gasteiger partial charge is 0.233 e. The van der Waals surface area contributed by atoms with Gasteiger partial charge in [0.2, 0.25) is 5.91 Å². The zero-order chi connectivity index (χ0) is 17.6. The summed E-state index contributed by atoms with van der Waals surface area (Å²) in [6.07, 6.45) is 0. The second kappa shape index (κ2) is 8.25. The third-order valence-electron chi connectivity index (χ3n) is 3.90. The molecule has 25 heavy (non-hydrogen) atoms. The summed E-state index contributed by atoms with van der Waals surface area (Å²) in [6, 6.07) is 12.2. The molecule has 132 valence electrons. The van der Waals surface area contributed by atoms with Gasteiger partial charge in [-0.1, -0.05) is 18.2 Å². The van der Waals surface area contributed by atoms with Gasteiger partial charge in [0, 0.05) is 18.0 Å². The molecule has 0 atom stereocenters. The second-order valence-corrected chi connectivity index (χ2v) is 6.62. The third kappa shape index (κ3) is 4.45. The Bertz CT molecular complexity index is 753. The van der Waals surface area contributed by atoms with Crippen molar-refractivity contribution in [3.05, 3.63) is 53.8 Å². The molecule has 0 spiro atoms. The molecule has 0 aromatic heterocycles. The molecule has 1 aliphatic heterocycles. The number of carbonyl (C=O) groups excluding carboxylic acids is 1. The Morgan fingerprint density at radius 1 is 1.16 bits per heavy atom. The minimum atomic E-state index is -0.296. The minimum absolute atomic E-state index is 0.0226. The number of carbonyl (C=O) groups is 1. The van der Waals surface area contributed by atoms with Crippen molar-refractivity contribution in [1.29, 1.82) is 0 Å². The maximum atomic E-state index is 13.7. The van der Waals surface area contributed by atoms with E-state index in [0.29, 0.717) is 36.9 Å². The summed E-state index contributed by atoms with van der Waals surface area (Å²) in [5, 5.41) is 0. The highest BCUT2D eigenvalue weighted by molar-refractivity contribution is 8.00. The Labute approximate surface area is 150 Å². The van der Waals surface area contributed by atoms with Crippen molar-refractivity contribution in [2.45, 2.75) is 18.4 Å². The van der Waals surface area contributed by atoms with Gasteiger partial charge in [-0.2, -0.15) is 0 Å². The summed E-state index contributed by atoms with van der Waals surface area (Å²) in [5.74, 6) is 1.34. The fraction of sp³-hybridized carbons (Fsp3) is 0.316. The number of fused-ring (bicyclic) bond motifs is 1. The molecule has 3 rings (SSSR count). The number of hydrogen-bond donors (Lipinski definition) is 0. The monoisotopic (exact) mass is 361 g/mol. The molecule has 0 radical (unpaired) electrons. The van der Waals surface area contributed by atoms with Crippen LogP contribution < -0.4 is 9.47 Å². The van der Waals surface area contributed by atoms with Crippen molar-refractivity contribution in [3.63, 3.8) is 0 Å². The standard InChI is InChI=1S/C19H20FNO3S/c1-2-21(19(22)13-25-18-6-4-3-5-15(18)20)12-14-7-8-16-17(11-14)24-10-9-23-16/h3-8,11H,2,9-10,12-13H2,1H3.